The number of hydrogen-bond donors (Lipinski definition) is 1. The summed E-state index contributed by atoms with van der Waals surface area (Å²) in [5.41, 5.74) is 1.98. The van der Waals surface area contributed by atoms with Crippen molar-refractivity contribution in [2.24, 2.45) is 0 Å². The third-order valence-corrected chi connectivity index (χ3v) is 4.57. The normalized spacial score (nSPS) is 16.7. The van der Waals surface area contributed by atoms with Crippen molar-refractivity contribution in [3.63, 3.8) is 0 Å². The Kier molecular flexibility index (Phi) is 4.42. The molecule has 1 aromatic carbocycles. The lowest BCUT2D eigenvalue weighted by Crippen LogP contribution is -2.30. The second kappa shape index (κ2) is 7.03. The van der Waals surface area contributed by atoms with Crippen LogP contribution in [0.2, 0.25) is 0 Å². The number of aryl methyl sites for hydroxylation is 2. The number of fused-ring (bicyclic) bond motifs is 1. The van der Waals surface area contributed by atoms with Gasteiger partial charge >= 0.3 is 0 Å². The van der Waals surface area contributed by atoms with Gasteiger partial charge in [0.15, 0.2) is 5.82 Å². The van der Waals surface area contributed by atoms with Gasteiger partial charge in [-0.1, -0.05) is 35.8 Å². The number of hydrogen-bond acceptors (Lipinski definition) is 7. The van der Waals surface area contributed by atoms with Crippen LogP contribution in [0, 0.1) is 6.92 Å². The molecule has 0 unspecified atom stereocenters. The zero-order valence-corrected chi connectivity index (χ0v) is 14.4. The molecule has 134 valence electrons. The maximum absolute atomic E-state index is 12.6. The molecular formula is C17H19N7O2. The van der Waals surface area contributed by atoms with Crippen molar-refractivity contribution in [1.29, 1.82) is 0 Å². The number of aromatic nitrogens is 6. The first-order valence-corrected chi connectivity index (χ1v) is 8.65. The molecule has 1 aliphatic rings. The lowest BCUT2D eigenvalue weighted by atomic mass is 10.0. The van der Waals surface area contributed by atoms with E-state index in [0.29, 0.717) is 17.5 Å². The molecule has 9 heteroatoms. The number of nitrogens with one attached hydrogen (secondary N) is 1. The van der Waals surface area contributed by atoms with E-state index in [0.717, 1.165) is 36.9 Å². The number of benzene rings is 1. The molecule has 3 aromatic rings. The van der Waals surface area contributed by atoms with Crippen LogP contribution in [0.15, 0.2) is 28.8 Å². The molecule has 0 bridgehead atoms. The highest BCUT2D eigenvalue weighted by Crippen LogP contribution is 2.24. The molecule has 0 saturated heterocycles. The Bertz CT molecular complexity index is 917. The Morgan fingerprint density at radius 1 is 1.35 bits per heavy atom. The summed E-state index contributed by atoms with van der Waals surface area (Å²) in [4.78, 5) is 17.0. The molecule has 4 rings (SSSR count). The van der Waals surface area contributed by atoms with E-state index in [2.05, 4.69) is 31.0 Å². The van der Waals surface area contributed by atoms with Gasteiger partial charge in [0.05, 0.1) is 12.5 Å². The first-order valence-electron chi connectivity index (χ1n) is 8.65. The highest BCUT2D eigenvalue weighted by Gasteiger charge is 2.28. The summed E-state index contributed by atoms with van der Waals surface area (Å²) >= 11 is 0. The smallest absolute Gasteiger partial charge is 0.246 e. The fourth-order valence-electron chi connectivity index (χ4n) is 3.15. The van der Waals surface area contributed by atoms with E-state index in [9.17, 15) is 4.79 Å². The van der Waals surface area contributed by atoms with E-state index in [1.165, 1.54) is 0 Å². The summed E-state index contributed by atoms with van der Waals surface area (Å²) in [5.74, 6) is 1.02. The van der Waals surface area contributed by atoms with Gasteiger partial charge in [-0.25, -0.2) is 4.68 Å². The molecule has 0 fully saturated rings. The molecule has 1 aliphatic heterocycles. The maximum atomic E-state index is 12.6. The van der Waals surface area contributed by atoms with Crippen LogP contribution in [-0.4, -0.2) is 36.3 Å². The number of nitrogens with zero attached hydrogens (tertiary/aromatic N) is 6. The average molecular weight is 353 g/mol. The van der Waals surface area contributed by atoms with Crippen molar-refractivity contribution < 1.29 is 9.32 Å². The largest absolute Gasteiger partial charge is 0.346 e. The van der Waals surface area contributed by atoms with E-state index >= 15 is 0 Å². The van der Waals surface area contributed by atoms with Gasteiger partial charge in [-0.3, -0.25) is 4.79 Å². The fraction of sp³-hybridized carbons (Fsp3) is 0.412. The summed E-state index contributed by atoms with van der Waals surface area (Å²) in [6.45, 7) is 2.91. The van der Waals surface area contributed by atoms with Crippen LogP contribution >= 0.6 is 0 Å². The van der Waals surface area contributed by atoms with Crippen LogP contribution in [-0.2, 0) is 17.9 Å². The average Bonchev–Trinajstić information content (AvgIpc) is 3.26. The summed E-state index contributed by atoms with van der Waals surface area (Å²) < 4.78 is 6.98. The first-order chi connectivity index (χ1) is 12.7. The topological polar surface area (TPSA) is 112 Å². The van der Waals surface area contributed by atoms with Gasteiger partial charge in [-0.15, -0.1) is 5.10 Å². The third-order valence-electron chi connectivity index (χ3n) is 4.57. The molecule has 9 nitrogen and oxygen atoms in total. The second-order valence-corrected chi connectivity index (χ2v) is 6.35. The molecule has 1 amide bonds. The molecule has 1 atom stereocenters. The van der Waals surface area contributed by atoms with Gasteiger partial charge in [0.25, 0.3) is 0 Å². The van der Waals surface area contributed by atoms with Crippen LogP contribution in [0.5, 0.6) is 0 Å². The number of carbonyl (C=O) groups is 1. The summed E-state index contributed by atoms with van der Waals surface area (Å²) in [7, 11) is 0. The third kappa shape index (κ3) is 3.19. The molecule has 3 heterocycles. The number of amides is 1. The molecule has 0 saturated carbocycles. The Hall–Kier alpha value is -3.10. The van der Waals surface area contributed by atoms with Crippen LogP contribution in [0.25, 0.3) is 11.4 Å². The van der Waals surface area contributed by atoms with Crippen molar-refractivity contribution in [2.45, 2.75) is 45.2 Å². The number of tetrazole rings is 1. The van der Waals surface area contributed by atoms with Gasteiger partial charge in [-0.05, 0) is 35.8 Å². The van der Waals surface area contributed by atoms with Crippen LogP contribution < -0.4 is 5.32 Å². The van der Waals surface area contributed by atoms with E-state index in [4.69, 9.17) is 4.52 Å². The van der Waals surface area contributed by atoms with Crippen molar-refractivity contribution in [2.75, 3.05) is 0 Å². The molecule has 0 radical (unpaired) electrons. The van der Waals surface area contributed by atoms with Gasteiger partial charge in [-0.2, -0.15) is 4.98 Å². The summed E-state index contributed by atoms with van der Waals surface area (Å²) in [5, 5.41) is 18.5. The van der Waals surface area contributed by atoms with Crippen LogP contribution in [0.1, 0.15) is 42.5 Å². The van der Waals surface area contributed by atoms with Crippen molar-refractivity contribution in [1.82, 2.24) is 35.7 Å². The van der Waals surface area contributed by atoms with Gasteiger partial charge in [0.1, 0.15) is 0 Å². The maximum Gasteiger partial charge on any atom is 0.246 e. The highest BCUT2D eigenvalue weighted by atomic mass is 16.5. The predicted molar refractivity (Wildman–Crippen MR) is 90.7 cm³/mol. The minimum Gasteiger partial charge on any atom is -0.346 e. The van der Waals surface area contributed by atoms with Gasteiger partial charge < -0.3 is 9.84 Å². The van der Waals surface area contributed by atoms with E-state index in [1.807, 2.05) is 31.2 Å². The van der Waals surface area contributed by atoms with Crippen molar-refractivity contribution >= 4 is 5.91 Å². The molecule has 1 N–H and O–H groups in total. The molecule has 0 spiro atoms. The lowest BCUT2D eigenvalue weighted by molar-refractivity contribution is -0.123. The predicted octanol–water partition coefficient (Wildman–Crippen LogP) is 1.62. The molecule has 0 aliphatic carbocycles. The Morgan fingerprint density at radius 3 is 3.12 bits per heavy atom. The number of rotatable bonds is 4. The monoisotopic (exact) mass is 353 g/mol. The van der Waals surface area contributed by atoms with Crippen molar-refractivity contribution in [3.8, 4) is 11.4 Å². The molecular weight excluding hydrogens is 334 g/mol. The Labute approximate surface area is 149 Å². The summed E-state index contributed by atoms with van der Waals surface area (Å²) in [6.07, 6.45) is 2.64. The van der Waals surface area contributed by atoms with E-state index in [-0.39, 0.29) is 18.4 Å². The van der Waals surface area contributed by atoms with Gasteiger partial charge in [0.2, 0.25) is 17.6 Å². The summed E-state index contributed by atoms with van der Waals surface area (Å²) in [6, 6.07) is 7.81. The highest BCUT2D eigenvalue weighted by molar-refractivity contribution is 5.82. The second-order valence-electron chi connectivity index (χ2n) is 6.35. The molecule has 26 heavy (non-hydrogen) atoms. The van der Waals surface area contributed by atoms with Crippen LogP contribution in [0.4, 0.5) is 0 Å². The quantitative estimate of drug-likeness (QED) is 0.758. The van der Waals surface area contributed by atoms with Crippen molar-refractivity contribution in [3.05, 3.63) is 41.5 Å². The lowest BCUT2D eigenvalue weighted by Gasteiger charge is -2.12. The minimum absolute atomic E-state index is 0.126. The first kappa shape index (κ1) is 16.4. The minimum atomic E-state index is -0.355. The zero-order chi connectivity index (χ0) is 17.9. The van der Waals surface area contributed by atoms with E-state index in [1.54, 1.807) is 4.68 Å². The Balaban J connectivity index is 1.44. The van der Waals surface area contributed by atoms with E-state index < -0.39 is 0 Å². The van der Waals surface area contributed by atoms with Gasteiger partial charge in [0, 0.05) is 12.1 Å². The van der Waals surface area contributed by atoms with Crippen LogP contribution in [0.3, 0.4) is 0 Å². The standard InChI is InChI=1S/C17H19N7O2/c1-11-6-2-3-7-12(11)15-19-14(26-21-15)10-18-17(25)13-8-4-5-9-24-16(13)20-22-23-24/h2-3,6-7,13H,4-5,8-10H2,1H3,(H,18,25)/t13-/m1/s1. The number of carbonyl (C=O) groups excluding carboxylic acids is 1. The Morgan fingerprint density at radius 2 is 2.23 bits per heavy atom. The SMILES string of the molecule is Cc1ccccc1-c1noc(CNC(=O)[C@@H]2CCCCn3nnnc32)n1. The molecule has 2 aromatic heterocycles. The fourth-order valence-corrected chi connectivity index (χ4v) is 3.15. The zero-order valence-electron chi connectivity index (χ0n) is 14.4.